The number of nitrogens with one attached hydrogen (secondary N) is 1. The molecule has 0 saturated carbocycles. The quantitative estimate of drug-likeness (QED) is 0.571. The summed E-state index contributed by atoms with van der Waals surface area (Å²) in [6, 6.07) is 0. The number of hydrogen-bond donors (Lipinski definition) is 1. The predicted molar refractivity (Wildman–Crippen MR) is 113 cm³/mol. The standard InChI is InChI=1S/C21H40N4O3/c1-6-22-19(24-13-10-18(11-14-24)27-7-2)23-15-17-9-8-12-25(16-17)20(26)28-21(3,4)5/h17-18H,6-16H2,1-5H3,(H,22,23). The summed E-state index contributed by atoms with van der Waals surface area (Å²) in [7, 11) is 0. The van der Waals surface area contributed by atoms with Gasteiger partial charge in [-0.1, -0.05) is 0 Å². The maximum absolute atomic E-state index is 12.4. The lowest BCUT2D eigenvalue weighted by Crippen LogP contribution is -2.47. The van der Waals surface area contributed by atoms with Crippen LogP contribution in [0.3, 0.4) is 0 Å². The molecule has 0 bridgehead atoms. The Hall–Kier alpha value is -1.50. The van der Waals surface area contributed by atoms with Crippen LogP contribution in [0, 0.1) is 5.92 Å². The van der Waals surface area contributed by atoms with Gasteiger partial charge in [-0.3, -0.25) is 4.99 Å². The Bertz CT molecular complexity index is 510. The van der Waals surface area contributed by atoms with E-state index in [1.54, 1.807) is 0 Å². The van der Waals surface area contributed by atoms with Crippen molar-refractivity contribution in [3.8, 4) is 0 Å². The van der Waals surface area contributed by atoms with Crippen molar-refractivity contribution in [2.75, 3.05) is 45.9 Å². The maximum atomic E-state index is 12.4. The molecular weight excluding hydrogens is 356 g/mol. The van der Waals surface area contributed by atoms with Crippen LogP contribution in [-0.4, -0.2) is 79.4 Å². The van der Waals surface area contributed by atoms with Crippen LogP contribution >= 0.6 is 0 Å². The molecule has 2 aliphatic rings. The summed E-state index contributed by atoms with van der Waals surface area (Å²) in [5, 5.41) is 3.43. The van der Waals surface area contributed by atoms with Gasteiger partial charge < -0.3 is 24.6 Å². The molecule has 2 saturated heterocycles. The number of likely N-dealkylation sites (tertiary alicyclic amines) is 2. The highest BCUT2D eigenvalue weighted by Gasteiger charge is 2.28. The summed E-state index contributed by atoms with van der Waals surface area (Å²) in [4.78, 5) is 21.5. The largest absolute Gasteiger partial charge is 0.444 e. The third-order valence-electron chi connectivity index (χ3n) is 5.15. The number of aliphatic imine (C=N–C) groups is 1. The van der Waals surface area contributed by atoms with E-state index in [0.29, 0.717) is 12.0 Å². The zero-order chi connectivity index (χ0) is 20.6. The smallest absolute Gasteiger partial charge is 0.410 e. The number of piperidine rings is 2. The number of ether oxygens (including phenoxy) is 2. The van der Waals surface area contributed by atoms with Gasteiger partial charge in [0.25, 0.3) is 0 Å². The second-order valence-electron chi connectivity index (χ2n) is 8.77. The van der Waals surface area contributed by atoms with Gasteiger partial charge in [0.15, 0.2) is 5.96 Å². The first kappa shape index (κ1) is 22.8. The number of carbonyl (C=O) groups is 1. The van der Waals surface area contributed by atoms with Gasteiger partial charge in [-0.25, -0.2) is 4.79 Å². The Balaban J connectivity index is 1.88. The number of guanidine groups is 1. The zero-order valence-corrected chi connectivity index (χ0v) is 18.5. The van der Waals surface area contributed by atoms with Crippen molar-refractivity contribution in [1.82, 2.24) is 15.1 Å². The summed E-state index contributed by atoms with van der Waals surface area (Å²) < 4.78 is 11.3. The van der Waals surface area contributed by atoms with Crippen LogP contribution in [0.5, 0.6) is 0 Å². The molecule has 0 aromatic heterocycles. The predicted octanol–water partition coefficient (Wildman–Crippen LogP) is 3.10. The molecule has 28 heavy (non-hydrogen) atoms. The van der Waals surface area contributed by atoms with Gasteiger partial charge in [0.2, 0.25) is 0 Å². The lowest BCUT2D eigenvalue weighted by Gasteiger charge is -2.35. The van der Waals surface area contributed by atoms with Crippen LogP contribution in [-0.2, 0) is 9.47 Å². The van der Waals surface area contributed by atoms with Crippen molar-refractivity contribution in [2.24, 2.45) is 10.9 Å². The lowest BCUT2D eigenvalue weighted by molar-refractivity contribution is 0.0170. The zero-order valence-electron chi connectivity index (χ0n) is 18.5. The molecule has 2 heterocycles. The van der Waals surface area contributed by atoms with Gasteiger partial charge in [-0.15, -0.1) is 0 Å². The molecule has 0 aromatic rings. The molecule has 2 rings (SSSR count). The average Bonchev–Trinajstić information content (AvgIpc) is 2.65. The molecule has 2 fully saturated rings. The van der Waals surface area contributed by atoms with Crippen LogP contribution < -0.4 is 5.32 Å². The summed E-state index contributed by atoms with van der Waals surface area (Å²) >= 11 is 0. The van der Waals surface area contributed by atoms with Crippen molar-refractivity contribution in [3.63, 3.8) is 0 Å². The highest BCUT2D eigenvalue weighted by Crippen LogP contribution is 2.20. The summed E-state index contributed by atoms with van der Waals surface area (Å²) in [5.74, 6) is 1.38. The van der Waals surface area contributed by atoms with E-state index in [0.717, 1.165) is 77.5 Å². The van der Waals surface area contributed by atoms with Crippen molar-refractivity contribution < 1.29 is 14.3 Å². The Kier molecular flexibility index (Phi) is 8.86. The molecule has 2 aliphatic heterocycles. The van der Waals surface area contributed by atoms with Crippen molar-refractivity contribution >= 4 is 12.1 Å². The number of carbonyl (C=O) groups excluding carboxylic acids is 1. The third kappa shape index (κ3) is 7.49. The molecule has 1 N–H and O–H groups in total. The van der Waals surface area contributed by atoms with E-state index in [2.05, 4.69) is 24.1 Å². The fourth-order valence-electron chi connectivity index (χ4n) is 3.82. The average molecular weight is 397 g/mol. The first-order valence-corrected chi connectivity index (χ1v) is 10.9. The Morgan fingerprint density at radius 3 is 2.43 bits per heavy atom. The van der Waals surface area contributed by atoms with Gasteiger partial charge in [0, 0.05) is 45.9 Å². The highest BCUT2D eigenvalue weighted by molar-refractivity contribution is 5.80. The maximum Gasteiger partial charge on any atom is 0.410 e. The highest BCUT2D eigenvalue weighted by atomic mass is 16.6. The molecule has 162 valence electrons. The molecular formula is C21H40N4O3. The van der Waals surface area contributed by atoms with E-state index in [1.165, 1.54) is 0 Å². The molecule has 7 nitrogen and oxygen atoms in total. The third-order valence-corrected chi connectivity index (χ3v) is 5.15. The van der Waals surface area contributed by atoms with Gasteiger partial charge in [0.05, 0.1) is 6.10 Å². The van der Waals surface area contributed by atoms with Gasteiger partial charge >= 0.3 is 6.09 Å². The Morgan fingerprint density at radius 2 is 1.82 bits per heavy atom. The van der Waals surface area contributed by atoms with Crippen molar-refractivity contribution in [2.45, 2.75) is 72.0 Å². The summed E-state index contributed by atoms with van der Waals surface area (Å²) in [5.41, 5.74) is -0.450. The van der Waals surface area contributed by atoms with E-state index in [4.69, 9.17) is 14.5 Å². The van der Waals surface area contributed by atoms with Crippen LogP contribution in [0.15, 0.2) is 4.99 Å². The van der Waals surface area contributed by atoms with Gasteiger partial charge in [0.1, 0.15) is 5.60 Å². The second kappa shape index (κ2) is 10.9. The molecule has 7 heteroatoms. The van der Waals surface area contributed by atoms with E-state index < -0.39 is 5.60 Å². The van der Waals surface area contributed by atoms with Gasteiger partial charge in [-0.2, -0.15) is 0 Å². The fraction of sp³-hybridized carbons (Fsp3) is 0.905. The minimum Gasteiger partial charge on any atom is -0.444 e. The molecule has 0 radical (unpaired) electrons. The summed E-state index contributed by atoms with van der Waals surface area (Å²) in [6.07, 6.45) is 4.39. The van der Waals surface area contributed by atoms with E-state index in [9.17, 15) is 4.79 Å². The molecule has 1 unspecified atom stereocenters. The Labute approximate surface area is 170 Å². The van der Waals surface area contributed by atoms with E-state index in [1.807, 2.05) is 25.7 Å². The van der Waals surface area contributed by atoms with Crippen molar-refractivity contribution in [3.05, 3.63) is 0 Å². The Morgan fingerprint density at radius 1 is 1.11 bits per heavy atom. The number of rotatable bonds is 5. The van der Waals surface area contributed by atoms with Crippen LogP contribution in [0.25, 0.3) is 0 Å². The minimum absolute atomic E-state index is 0.203. The number of amides is 1. The first-order valence-electron chi connectivity index (χ1n) is 10.9. The van der Waals surface area contributed by atoms with Crippen LogP contribution in [0.1, 0.15) is 60.3 Å². The number of hydrogen-bond acceptors (Lipinski definition) is 4. The molecule has 1 amide bonds. The van der Waals surface area contributed by atoms with Crippen molar-refractivity contribution in [1.29, 1.82) is 0 Å². The summed E-state index contributed by atoms with van der Waals surface area (Å²) in [6.45, 7) is 15.7. The molecule has 0 aliphatic carbocycles. The van der Waals surface area contributed by atoms with Gasteiger partial charge in [-0.05, 0) is 66.2 Å². The van der Waals surface area contributed by atoms with E-state index >= 15 is 0 Å². The first-order chi connectivity index (χ1) is 13.3. The topological polar surface area (TPSA) is 66.4 Å². The monoisotopic (exact) mass is 396 g/mol. The molecule has 1 atom stereocenters. The SMILES string of the molecule is CCNC(=NCC1CCCN(C(=O)OC(C)(C)C)C1)N1CCC(OCC)CC1. The van der Waals surface area contributed by atoms with Crippen LogP contribution in [0.2, 0.25) is 0 Å². The van der Waals surface area contributed by atoms with Crippen LogP contribution in [0.4, 0.5) is 4.79 Å². The normalized spacial score (nSPS) is 22.3. The fourth-order valence-corrected chi connectivity index (χ4v) is 3.82. The minimum atomic E-state index is -0.450. The number of nitrogens with zero attached hydrogens (tertiary/aromatic N) is 3. The van der Waals surface area contributed by atoms with E-state index in [-0.39, 0.29) is 6.09 Å². The second-order valence-corrected chi connectivity index (χ2v) is 8.77. The molecule has 0 aromatic carbocycles. The lowest BCUT2D eigenvalue weighted by atomic mass is 9.98. The molecule has 0 spiro atoms.